The van der Waals surface area contributed by atoms with Crippen LogP contribution in [-0.4, -0.2) is 12.0 Å². The number of benzene rings is 1. The lowest BCUT2D eigenvalue weighted by Crippen LogP contribution is -1.89. The first-order valence-electron chi connectivity index (χ1n) is 3.94. The highest BCUT2D eigenvalue weighted by atomic mass is 16.7. The van der Waals surface area contributed by atoms with Gasteiger partial charge in [0.15, 0.2) is 0 Å². The molecule has 0 aliphatic heterocycles. The van der Waals surface area contributed by atoms with Crippen LogP contribution in [0.5, 0.6) is 5.75 Å². The molecule has 14 heavy (non-hydrogen) atoms. The van der Waals surface area contributed by atoms with Crippen LogP contribution in [0.3, 0.4) is 0 Å². The molecule has 0 saturated carbocycles. The Balaban J connectivity index is 2.78. The highest BCUT2D eigenvalue weighted by Gasteiger charge is 2.24. The molecular weight excluding hydrogens is 186 g/mol. The Morgan fingerprint density at radius 2 is 2.14 bits per heavy atom. The van der Waals surface area contributed by atoms with Crippen LogP contribution >= 0.6 is 0 Å². The van der Waals surface area contributed by atoms with Gasteiger partial charge in [-0.05, 0) is 12.1 Å². The number of furan rings is 1. The topological polar surface area (TPSA) is 65.5 Å². The molecule has 0 N–H and O–H groups in total. The molecule has 0 unspecified atom stereocenters. The molecule has 1 aromatic carbocycles. The number of nitrogens with zero attached hydrogens (tertiary/aromatic N) is 1. The van der Waals surface area contributed by atoms with Crippen molar-refractivity contribution in [2.45, 2.75) is 0 Å². The largest absolute Gasteiger partial charge is 0.487 e. The van der Waals surface area contributed by atoms with Gasteiger partial charge in [-0.3, -0.25) is 10.1 Å². The van der Waals surface area contributed by atoms with E-state index in [9.17, 15) is 10.1 Å². The van der Waals surface area contributed by atoms with Crippen molar-refractivity contribution in [2.24, 2.45) is 0 Å². The Morgan fingerprint density at radius 3 is 2.79 bits per heavy atom. The third-order valence-electron chi connectivity index (χ3n) is 1.90. The van der Waals surface area contributed by atoms with Gasteiger partial charge in [0.1, 0.15) is 10.5 Å². The standard InChI is InChI=1S/C9H7NO4/c1-13-8-6-4-2-3-5-7(6)14-9(8)10(11)12/h2-5H,1H3. The fourth-order valence-corrected chi connectivity index (χ4v) is 1.33. The van der Waals surface area contributed by atoms with Gasteiger partial charge in [-0.2, -0.15) is 0 Å². The van der Waals surface area contributed by atoms with Crippen molar-refractivity contribution in [1.82, 2.24) is 0 Å². The van der Waals surface area contributed by atoms with Crippen LogP contribution in [0.4, 0.5) is 5.88 Å². The predicted molar refractivity (Wildman–Crippen MR) is 49.4 cm³/mol. The fraction of sp³-hybridized carbons (Fsp3) is 0.111. The van der Waals surface area contributed by atoms with Crippen LogP contribution < -0.4 is 4.74 Å². The molecule has 2 rings (SSSR count). The molecule has 0 aliphatic rings. The van der Waals surface area contributed by atoms with Crippen LogP contribution in [0, 0.1) is 10.1 Å². The summed E-state index contributed by atoms with van der Waals surface area (Å²) in [7, 11) is 1.38. The van der Waals surface area contributed by atoms with Gasteiger partial charge in [-0.25, -0.2) is 0 Å². The summed E-state index contributed by atoms with van der Waals surface area (Å²) in [5.41, 5.74) is 0.455. The average molecular weight is 193 g/mol. The molecule has 0 radical (unpaired) electrons. The molecule has 0 fully saturated rings. The molecule has 0 aliphatic carbocycles. The second-order valence-electron chi connectivity index (χ2n) is 2.69. The molecule has 5 nitrogen and oxygen atoms in total. The van der Waals surface area contributed by atoms with Gasteiger partial charge in [-0.1, -0.05) is 12.1 Å². The number of fused-ring (bicyclic) bond motifs is 1. The molecule has 0 saturated heterocycles. The SMILES string of the molecule is COc1c([N+](=O)[O-])oc2ccccc12. The lowest BCUT2D eigenvalue weighted by Gasteiger charge is -1.92. The molecule has 72 valence electrons. The number of nitro groups is 1. The smallest absolute Gasteiger partial charge is 0.476 e. The summed E-state index contributed by atoms with van der Waals surface area (Å²) in [4.78, 5) is 9.98. The summed E-state index contributed by atoms with van der Waals surface area (Å²) in [6.45, 7) is 0. The van der Waals surface area contributed by atoms with Crippen LogP contribution in [0.2, 0.25) is 0 Å². The van der Waals surface area contributed by atoms with E-state index in [2.05, 4.69) is 0 Å². The van der Waals surface area contributed by atoms with Gasteiger partial charge in [0.05, 0.1) is 12.5 Å². The molecule has 0 spiro atoms. The van der Waals surface area contributed by atoms with Gasteiger partial charge >= 0.3 is 5.88 Å². The normalized spacial score (nSPS) is 10.4. The first-order valence-corrected chi connectivity index (χ1v) is 3.94. The Kier molecular flexibility index (Phi) is 1.85. The minimum absolute atomic E-state index is 0.172. The summed E-state index contributed by atoms with van der Waals surface area (Å²) in [6, 6.07) is 6.88. The average Bonchev–Trinajstić information content (AvgIpc) is 2.56. The number of hydrogen-bond donors (Lipinski definition) is 0. The molecule has 1 heterocycles. The summed E-state index contributed by atoms with van der Waals surface area (Å²) in [5, 5.41) is 11.2. The quantitative estimate of drug-likeness (QED) is 0.542. The number of para-hydroxylation sites is 1. The zero-order valence-corrected chi connectivity index (χ0v) is 7.39. The molecule has 0 amide bonds. The highest BCUT2D eigenvalue weighted by Crippen LogP contribution is 2.37. The van der Waals surface area contributed by atoms with Gasteiger partial charge < -0.3 is 9.15 Å². The Labute approximate surface area is 79.0 Å². The molecule has 1 aromatic heterocycles. The van der Waals surface area contributed by atoms with Crippen molar-refractivity contribution in [3.8, 4) is 5.75 Å². The van der Waals surface area contributed by atoms with Gasteiger partial charge in [0, 0.05) is 0 Å². The van der Waals surface area contributed by atoms with Crippen molar-refractivity contribution in [3.63, 3.8) is 0 Å². The van der Waals surface area contributed by atoms with E-state index in [0.717, 1.165) is 0 Å². The third-order valence-corrected chi connectivity index (χ3v) is 1.90. The maximum atomic E-state index is 10.6. The molecule has 0 atom stereocenters. The van der Waals surface area contributed by atoms with E-state index >= 15 is 0 Å². The van der Waals surface area contributed by atoms with E-state index in [1.807, 2.05) is 0 Å². The van der Waals surface area contributed by atoms with Crippen molar-refractivity contribution in [2.75, 3.05) is 7.11 Å². The Bertz CT molecular complexity index is 489. The van der Waals surface area contributed by atoms with Crippen LogP contribution in [-0.2, 0) is 0 Å². The minimum Gasteiger partial charge on any atom is -0.487 e. The number of methoxy groups -OCH3 is 1. The van der Waals surface area contributed by atoms with Gasteiger partial charge in [0.25, 0.3) is 0 Å². The number of rotatable bonds is 2. The number of ether oxygens (including phenoxy) is 1. The van der Waals surface area contributed by atoms with Gasteiger partial charge in [-0.15, -0.1) is 0 Å². The lowest BCUT2D eigenvalue weighted by atomic mass is 10.2. The molecule has 0 bridgehead atoms. The maximum absolute atomic E-state index is 10.6. The zero-order chi connectivity index (χ0) is 10.1. The fourth-order valence-electron chi connectivity index (χ4n) is 1.33. The number of hydrogen-bond acceptors (Lipinski definition) is 4. The second kappa shape index (κ2) is 3.02. The van der Waals surface area contributed by atoms with Gasteiger partial charge in [0.2, 0.25) is 5.75 Å². The van der Waals surface area contributed by atoms with Crippen LogP contribution in [0.1, 0.15) is 0 Å². The van der Waals surface area contributed by atoms with E-state index in [-0.39, 0.29) is 11.6 Å². The first kappa shape index (κ1) is 8.55. The summed E-state index contributed by atoms with van der Waals surface area (Å²) < 4.78 is 9.95. The van der Waals surface area contributed by atoms with Crippen molar-refractivity contribution in [1.29, 1.82) is 0 Å². The second-order valence-corrected chi connectivity index (χ2v) is 2.69. The molecule has 5 heteroatoms. The van der Waals surface area contributed by atoms with Crippen molar-refractivity contribution < 1.29 is 14.1 Å². The lowest BCUT2D eigenvalue weighted by molar-refractivity contribution is -0.402. The highest BCUT2D eigenvalue weighted by molar-refractivity contribution is 5.87. The van der Waals surface area contributed by atoms with E-state index < -0.39 is 4.92 Å². The van der Waals surface area contributed by atoms with Crippen molar-refractivity contribution in [3.05, 3.63) is 34.4 Å². The Morgan fingerprint density at radius 1 is 1.43 bits per heavy atom. The summed E-state index contributed by atoms with van der Waals surface area (Å²) >= 11 is 0. The maximum Gasteiger partial charge on any atom is 0.476 e. The summed E-state index contributed by atoms with van der Waals surface area (Å²) in [5.74, 6) is -0.181. The Hall–Kier alpha value is -2.04. The van der Waals surface area contributed by atoms with E-state index in [1.165, 1.54) is 7.11 Å². The molecule has 2 aromatic rings. The van der Waals surface area contributed by atoms with Crippen LogP contribution in [0.25, 0.3) is 11.0 Å². The van der Waals surface area contributed by atoms with E-state index in [4.69, 9.17) is 9.15 Å². The zero-order valence-electron chi connectivity index (χ0n) is 7.39. The first-order chi connectivity index (χ1) is 6.74. The monoisotopic (exact) mass is 193 g/mol. The van der Waals surface area contributed by atoms with Crippen LogP contribution in [0.15, 0.2) is 28.7 Å². The summed E-state index contributed by atoms with van der Waals surface area (Å²) in [6.07, 6.45) is 0. The predicted octanol–water partition coefficient (Wildman–Crippen LogP) is 2.35. The van der Waals surface area contributed by atoms with Crippen molar-refractivity contribution >= 4 is 16.9 Å². The van der Waals surface area contributed by atoms with E-state index in [0.29, 0.717) is 11.0 Å². The molecular formula is C9H7NO4. The minimum atomic E-state index is -0.598. The third kappa shape index (κ3) is 1.10. The van der Waals surface area contributed by atoms with E-state index in [1.54, 1.807) is 24.3 Å².